The Bertz CT molecular complexity index is 741. The zero-order chi connectivity index (χ0) is 19.0. The number of fused-ring (bicyclic) bond motifs is 3. The second-order valence-corrected chi connectivity index (χ2v) is 7.93. The molecule has 1 N–H and O–H groups in total. The number of pyridine rings is 1. The van der Waals surface area contributed by atoms with Gasteiger partial charge in [0.15, 0.2) is 5.82 Å². The third-order valence-corrected chi connectivity index (χ3v) is 6.05. The summed E-state index contributed by atoms with van der Waals surface area (Å²) in [5.41, 5.74) is 1.21. The molecule has 27 heavy (non-hydrogen) atoms. The topological polar surface area (TPSA) is 86.0 Å². The SMILES string of the molecule is O=[N+]([O-])C1=C2N(Cc3ccc(Cl)nc3)CC3CCCC3N2CN(CCO)C1. The molecule has 146 valence electrons. The molecule has 2 fully saturated rings. The smallest absolute Gasteiger partial charge is 0.300 e. The zero-order valence-corrected chi connectivity index (χ0v) is 15.9. The van der Waals surface area contributed by atoms with Crippen LogP contribution in [0.15, 0.2) is 29.8 Å². The highest BCUT2D eigenvalue weighted by molar-refractivity contribution is 6.29. The molecule has 0 amide bonds. The van der Waals surface area contributed by atoms with E-state index in [4.69, 9.17) is 11.6 Å². The zero-order valence-electron chi connectivity index (χ0n) is 15.1. The lowest BCUT2D eigenvalue weighted by Gasteiger charge is -2.50. The molecule has 3 heterocycles. The van der Waals surface area contributed by atoms with Crippen molar-refractivity contribution in [1.82, 2.24) is 19.7 Å². The number of nitro groups is 1. The monoisotopic (exact) mass is 393 g/mol. The average molecular weight is 394 g/mol. The van der Waals surface area contributed by atoms with Crippen molar-refractivity contribution in [1.29, 1.82) is 0 Å². The van der Waals surface area contributed by atoms with Gasteiger partial charge >= 0.3 is 0 Å². The first-order chi connectivity index (χ1) is 13.1. The Hall–Kier alpha value is -1.90. The molecule has 9 heteroatoms. The van der Waals surface area contributed by atoms with Gasteiger partial charge in [-0.15, -0.1) is 0 Å². The number of aromatic nitrogens is 1. The first kappa shape index (κ1) is 18.5. The van der Waals surface area contributed by atoms with E-state index in [2.05, 4.69) is 14.8 Å². The summed E-state index contributed by atoms with van der Waals surface area (Å²) in [6.45, 7) is 2.74. The van der Waals surface area contributed by atoms with Gasteiger partial charge in [0.25, 0.3) is 5.70 Å². The number of hydrogen-bond donors (Lipinski definition) is 1. The van der Waals surface area contributed by atoms with Crippen molar-refractivity contribution in [3.63, 3.8) is 0 Å². The van der Waals surface area contributed by atoms with E-state index in [0.717, 1.165) is 37.2 Å². The van der Waals surface area contributed by atoms with Crippen LogP contribution in [0.1, 0.15) is 24.8 Å². The van der Waals surface area contributed by atoms with Crippen molar-refractivity contribution in [3.8, 4) is 0 Å². The third-order valence-electron chi connectivity index (χ3n) is 5.83. The van der Waals surface area contributed by atoms with E-state index in [1.807, 2.05) is 11.0 Å². The minimum Gasteiger partial charge on any atom is -0.395 e. The van der Waals surface area contributed by atoms with Crippen molar-refractivity contribution in [2.24, 2.45) is 5.92 Å². The number of hydrogen-bond acceptors (Lipinski definition) is 7. The molecule has 2 aliphatic heterocycles. The van der Waals surface area contributed by atoms with Gasteiger partial charge in [-0.05, 0) is 30.4 Å². The van der Waals surface area contributed by atoms with Crippen LogP contribution in [0.3, 0.4) is 0 Å². The molecule has 4 rings (SSSR count). The molecule has 3 aliphatic rings. The van der Waals surface area contributed by atoms with E-state index in [9.17, 15) is 15.2 Å². The van der Waals surface area contributed by atoms with Gasteiger partial charge < -0.3 is 14.9 Å². The molecule has 0 bridgehead atoms. The number of halogens is 1. The highest BCUT2D eigenvalue weighted by atomic mass is 35.5. The molecule has 1 saturated carbocycles. The van der Waals surface area contributed by atoms with Gasteiger partial charge in [0.2, 0.25) is 0 Å². The maximum atomic E-state index is 11.9. The molecule has 1 aromatic rings. The second-order valence-electron chi connectivity index (χ2n) is 7.54. The van der Waals surface area contributed by atoms with Crippen molar-refractivity contribution < 1.29 is 10.0 Å². The standard InChI is InChI=1S/C18H24ClN5O3/c19-17-5-4-13(8-20-17)9-22-10-14-2-1-3-15(14)23-12-21(6-7-25)11-16(18(22)23)24(26)27/h4-5,8,14-15,25H,1-3,6-7,9-12H2. The summed E-state index contributed by atoms with van der Waals surface area (Å²) >= 11 is 5.89. The Morgan fingerprint density at radius 3 is 2.93 bits per heavy atom. The van der Waals surface area contributed by atoms with Gasteiger partial charge in [-0.2, -0.15) is 0 Å². The van der Waals surface area contributed by atoms with E-state index in [0.29, 0.717) is 36.9 Å². The average Bonchev–Trinajstić information content (AvgIpc) is 3.12. The Kier molecular flexibility index (Phi) is 5.21. The lowest BCUT2D eigenvalue weighted by molar-refractivity contribution is -0.434. The highest BCUT2D eigenvalue weighted by Gasteiger charge is 2.46. The predicted octanol–water partition coefficient (Wildman–Crippen LogP) is 1.73. The molecule has 0 radical (unpaired) electrons. The molecule has 8 nitrogen and oxygen atoms in total. The van der Waals surface area contributed by atoms with E-state index in [1.165, 1.54) is 0 Å². The fourth-order valence-electron chi connectivity index (χ4n) is 4.71. The molecule has 1 aliphatic carbocycles. The van der Waals surface area contributed by atoms with Crippen LogP contribution < -0.4 is 0 Å². The Morgan fingerprint density at radius 2 is 2.22 bits per heavy atom. The van der Waals surface area contributed by atoms with Crippen molar-refractivity contribution in [3.05, 3.63) is 50.7 Å². The van der Waals surface area contributed by atoms with E-state index in [-0.39, 0.29) is 23.8 Å². The first-order valence-corrected chi connectivity index (χ1v) is 9.77. The third kappa shape index (κ3) is 3.61. The molecule has 1 aromatic heterocycles. The molecule has 0 spiro atoms. The van der Waals surface area contributed by atoms with Crippen LogP contribution in [-0.4, -0.2) is 68.7 Å². The number of rotatable bonds is 5. The van der Waals surface area contributed by atoms with E-state index in [1.54, 1.807) is 12.3 Å². The van der Waals surface area contributed by atoms with Crippen LogP contribution >= 0.6 is 11.6 Å². The molecule has 2 atom stereocenters. The Balaban J connectivity index is 1.70. The highest BCUT2D eigenvalue weighted by Crippen LogP contribution is 2.41. The Labute approximate surface area is 163 Å². The van der Waals surface area contributed by atoms with Gasteiger partial charge in [-0.3, -0.25) is 15.0 Å². The van der Waals surface area contributed by atoms with Crippen LogP contribution in [0.4, 0.5) is 0 Å². The van der Waals surface area contributed by atoms with Gasteiger partial charge in [0.05, 0.1) is 24.7 Å². The van der Waals surface area contributed by atoms with Crippen LogP contribution in [0.2, 0.25) is 5.15 Å². The summed E-state index contributed by atoms with van der Waals surface area (Å²) in [6.07, 6.45) is 5.12. The predicted molar refractivity (Wildman–Crippen MR) is 100 cm³/mol. The number of aliphatic hydroxyl groups is 1. The van der Waals surface area contributed by atoms with Crippen molar-refractivity contribution in [2.75, 3.05) is 32.9 Å². The summed E-state index contributed by atoms with van der Waals surface area (Å²) in [5.74, 6) is 1.25. The molecule has 0 aromatic carbocycles. The van der Waals surface area contributed by atoms with Gasteiger partial charge in [0.1, 0.15) is 5.15 Å². The Morgan fingerprint density at radius 1 is 1.37 bits per heavy atom. The minimum atomic E-state index is -0.256. The largest absolute Gasteiger partial charge is 0.395 e. The molecular weight excluding hydrogens is 370 g/mol. The molecule has 1 saturated heterocycles. The normalized spacial score (nSPS) is 25.6. The van der Waals surface area contributed by atoms with Crippen LogP contribution in [0.25, 0.3) is 0 Å². The van der Waals surface area contributed by atoms with Crippen molar-refractivity contribution in [2.45, 2.75) is 31.8 Å². The molecular formula is C18H24ClN5O3. The summed E-state index contributed by atoms with van der Waals surface area (Å²) in [7, 11) is 0. The van der Waals surface area contributed by atoms with Gasteiger partial charge in [-0.1, -0.05) is 24.1 Å². The van der Waals surface area contributed by atoms with Crippen LogP contribution in [0.5, 0.6) is 0 Å². The van der Waals surface area contributed by atoms with E-state index >= 15 is 0 Å². The lowest BCUT2D eigenvalue weighted by Crippen LogP contribution is -2.59. The summed E-state index contributed by atoms with van der Waals surface area (Å²) in [6, 6.07) is 4.02. The number of β-amino-alcohol motifs (C(OH)–C–C–N with tert-alkyl or cyclic N) is 1. The quantitative estimate of drug-likeness (QED) is 0.463. The van der Waals surface area contributed by atoms with Crippen LogP contribution in [0, 0.1) is 16.0 Å². The molecule has 2 unspecified atom stereocenters. The maximum absolute atomic E-state index is 11.9. The summed E-state index contributed by atoms with van der Waals surface area (Å²) in [5, 5.41) is 21.6. The van der Waals surface area contributed by atoms with E-state index < -0.39 is 0 Å². The van der Waals surface area contributed by atoms with Gasteiger partial charge in [0, 0.05) is 31.9 Å². The fraction of sp³-hybridized carbons (Fsp3) is 0.611. The minimum absolute atomic E-state index is 0.00240. The maximum Gasteiger partial charge on any atom is 0.300 e. The summed E-state index contributed by atoms with van der Waals surface area (Å²) < 4.78 is 0. The van der Waals surface area contributed by atoms with Crippen molar-refractivity contribution >= 4 is 11.6 Å². The van der Waals surface area contributed by atoms with Crippen LogP contribution in [-0.2, 0) is 6.54 Å². The fourth-order valence-corrected chi connectivity index (χ4v) is 4.82. The second kappa shape index (κ2) is 7.61. The lowest BCUT2D eigenvalue weighted by atomic mass is 9.96. The number of nitrogens with zero attached hydrogens (tertiary/aromatic N) is 5. The number of aliphatic hydroxyl groups excluding tert-OH is 1. The van der Waals surface area contributed by atoms with Gasteiger partial charge in [-0.25, -0.2) is 4.98 Å². The summed E-state index contributed by atoms with van der Waals surface area (Å²) in [4.78, 5) is 22.1. The first-order valence-electron chi connectivity index (χ1n) is 9.39.